The first-order chi connectivity index (χ1) is 14.5. The highest BCUT2D eigenvalue weighted by atomic mass is 19.1. The van der Waals surface area contributed by atoms with E-state index < -0.39 is 11.6 Å². The minimum absolute atomic E-state index is 0.198. The van der Waals surface area contributed by atoms with Crippen molar-refractivity contribution in [3.05, 3.63) is 77.4 Å². The number of nitrogens with zero attached hydrogens (tertiary/aromatic N) is 4. The molecule has 0 unspecified atom stereocenters. The molecular weight excluding hydrogens is 386 g/mol. The van der Waals surface area contributed by atoms with Crippen LogP contribution in [0.4, 0.5) is 8.78 Å². The lowest BCUT2D eigenvalue weighted by atomic mass is 10.0. The fraction of sp³-hybridized carbons (Fsp3) is 0.182. The predicted octanol–water partition coefficient (Wildman–Crippen LogP) is 4.45. The van der Waals surface area contributed by atoms with Gasteiger partial charge in [-0.2, -0.15) is 5.26 Å². The molecule has 150 valence electrons. The second kappa shape index (κ2) is 8.25. The molecule has 4 rings (SSSR count). The normalized spacial score (nSPS) is 16.2. The topological polar surface area (TPSA) is 92.5 Å². The Kier molecular flexibility index (Phi) is 5.35. The number of H-pyrrole nitrogens is 1. The van der Waals surface area contributed by atoms with Crippen LogP contribution in [0.2, 0.25) is 0 Å². The van der Waals surface area contributed by atoms with Gasteiger partial charge in [0.1, 0.15) is 35.1 Å². The summed E-state index contributed by atoms with van der Waals surface area (Å²) >= 11 is 0. The number of hydrogen-bond donors (Lipinski definition) is 2. The SMILES string of the molecule is N#Cc1cccc(-c2cnc(C=CC(=N)N3CCC[C@H]3c3cc(F)ccc3F)[nH]2)n1. The van der Waals surface area contributed by atoms with Gasteiger partial charge in [-0.3, -0.25) is 5.41 Å². The minimum atomic E-state index is -0.488. The van der Waals surface area contributed by atoms with Gasteiger partial charge < -0.3 is 9.88 Å². The van der Waals surface area contributed by atoms with Crippen molar-refractivity contribution in [1.82, 2.24) is 19.9 Å². The molecule has 1 aliphatic rings. The van der Waals surface area contributed by atoms with Gasteiger partial charge in [0, 0.05) is 12.1 Å². The standard InChI is InChI=1S/C22H18F2N6/c23-14-6-7-17(24)16(11-14)20-5-2-10-30(20)21(26)8-9-22-27-13-19(29-22)18-4-1-3-15(12-25)28-18/h1,3-4,6-9,11,13,20,26H,2,5,10H2,(H,27,29)/t20-/m0/s1. The molecule has 0 aliphatic carbocycles. The Morgan fingerprint density at radius 3 is 3.00 bits per heavy atom. The smallest absolute Gasteiger partial charge is 0.141 e. The quantitative estimate of drug-likeness (QED) is 0.496. The number of pyridine rings is 1. The molecule has 1 aliphatic heterocycles. The van der Waals surface area contributed by atoms with Gasteiger partial charge in [-0.1, -0.05) is 6.07 Å². The molecule has 2 aromatic heterocycles. The van der Waals surface area contributed by atoms with E-state index >= 15 is 0 Å². The maximum atomic E-state index is 14.2. The van der Waals surface area contributed by atoms with Gasteiger partial charge >= 0.3 is 0 Å². The van der Waals surface area contributed by atoms with Crippen molar-refractivity contribution in [2.45, 2.75) is 18.9 Å². The number of nitriles is 1. The summed E-state index contributed by atoms with van der Waals surface area (Å²) in [4.78, 5) is 13.3. The summed E-state index contributed by atoms with van der Waals surface area (Å²) < 4.78 is 27.8. The maximum absolute atomic E-state index is 14.2. The van der Waals surface area contributed by atoms with Gasteiger partial charge in [0.2, 0.25) is 0 Å². The van der Waals surface area contributed by atoms with Crippen molar-refractivity contribution in [3.63, 3.8) is 0 Å². The molecule has 0 spiro atoms. The summed E-state index contributed by atoms with van der Waals surface area (Å²) in [6.45, 7) is 0.595. The van der Waals surface area contributed by atoms with E-state index in [4.69, 9.17) is 10.7 Å². The molecule has 1 fully saturated rings. The fourth-order valence-electron chi connectivity index (χ4n) is 3.60. The van der Waals surface area contributed by atoms with E-state index in [-0.39, 0.29) is 17.4 Å². The molecule has 30 heavy (non-hydrogen) atoms. The van der Waals surface area contributed by atoms with Crippen LogP contribution in [0.5, 0.6) is 0 Å². The highest BCUT2D eigenvalue weighted by molar-refractivity contribution is 5.94. The van der Waals surface area contributed by atoms with E-state index in [1.165, 1.54) is 6.07 Å². The summed E-state index contributed by atoms with van der Waals surface area (Å²) in [6, 6.07) is 10.2. The number of aromatic amines is 1. The second-order valence-electron chi connectivity index (χ2n) is 6.94. The third-order valence-electron chi connectivity index (χ3n) is 5.01. The van der Waals surface area contributed by atoms with E-state index in [0.717, 1.165) is 18.6 Å². The summed E-state index contributed by atoms with van der Waals surface area (Å²) in [6.07, 6.45) is 6.28. The Bertz CT molecular complexity index is 1160. The average Bonchev–Trinajstić information content (AvgIpc) is 3.43. The van der Waals surface area contributed by atoms with Crippen LogP contribution in [0, 0.1) is 28.4 Å². The van der Waals surface area contributed by atoms with E-state index in [1.54, 1.807) is 41.4 Å². The molecule has 2 N–H and O–H groups in total. The number of imidazole rings is 1. The van der Waals surface area contributed by atoms with Crippen LogP contribution in [-0.4, -0.2) is 32.2 Å². The molecule has 0 radical (unpaired) electrons. The molecule has 8 heteroatoms. The Morgan fingerprint density at radius 1 is 1.30 bits per heavy atom. The Hall–Kier alpha value is -3.86. The molecule has 3 aromatic rings. The number of rotatable bonds is 4. The Morgan fingerprint density at radius 2 is 2.17 bits per heavy atom. The largest absolute Gasteiger partial charge is 0.350 e. The fourth-order valence-corrected chi connectivity index (χ4v) is 3.60. The van der Waals surface area contributed by atoms with Crippen LogP contribution in [0.1, 0.15) is 36.0 Å². The summed E-state index contributed by atoms with van der Waals surface area (Å²) in [5.41, 5.74) is 1.83. The van der Waals surface area contributed by atoms with Crippen LogP contribution in [0.15, 0.2) is 48.7 Å². The summed E-state index contributed by atoms with van der Waals surface area (Å²) in [5.74, 6) is -0.235. The van der Waals surface area contributed by atoms with Crippen LogP contribution in [0.25, 0.3) is 17.5 Å². The number of benzene rings is 1. The van der Waals surface area contributed by atoms with Crippen molar-refractivity contribution < 1.29 is 8.78 Å². The number of amidine groups is 1. The third kappa shape index (κ3) is 3.96. The van der Waals surface area contributed by atoms with Gasteiger partial charge in [-0.15, -0.1) is 0 Å². The van der Waals surface area contributed by atoms with Gasteiger partial charge in [0.25, 0.3) is 0 Å². The van der Waals surface area contributed by atoms with Crippen molar-refractivity contribution >= 4 is 11.9 Å². The van der Waals surface area contributed by atoms with E-state index in [2.05, 4.69) is 15.0 Å². The first kappa shape index (κ1) is 19.5. The minimum Gasteiger partial charge on any atom is -0.350 e. The zero-order valence-electron chi connectivity index (χ0n) is 15.9. The van der Waals surface area contributed by atoms with Crippen molar-refractivity contribution in [1.29, 1.82) is 10.7 Å². The molecule has 0 amide bonds. The number of likely N-dealkylation sites (tertiary alicyclic amines) is 1. The molecule has 0 saturated carbocycles. The number of nitrogens with one attached hydrogen (secondary N) is 2. The lowest BCUT2D eigenvalue weighted by molar-refractivity contribution is 0.385. The molecule has 1 saturated heterocycles. The monoisotopic (exact) mass is 404 g/mol. The summed E-state index contributed by atoms with van der Waals surface area (Å²) in [7, 11) is 0. The molecular formula is C22H18F2N6. The average molecular weight is 404 g/mol. The second-order valence-corrected chi connectivity index (χ2v) is 6.94. The third-order valence-corrected chi connectivity index (χ3v) is 5.01. The van der Waals surface area contributed by atoms with Crippen molar-refractivity contribution in [2.75, 3.05) is 6.54 Å². The van der Waals surface area contributed by atoms with Crippen LogP contribution in [-0.2, 0) is 0 Å². The van der Waals surface area contributed by atoms with E-state index in [1.807, 2.05) is 6.07 Å². The lowest BCUT2D eigenvalue weighted by Gasteiger charge is -2.26. The molecule has 1 atom stereocenters. The van der Waals surface area contributed by atoms with Crippen LogP contribution < -0.4 is 0 Å². The highest BCUT2D eigenvalue weighted by Gasteiger charge is 2.29. The van der Waals surface area contributed by atoms with Gasteiger partial charge in [0.05, 0.1) is 23.6 Å². The van der Waals surface area contributed by atoms with Gasteiger partial charge in [-0.25, -0.2) is 18.7 Å². The predicted molar refractivity (Wildman–Crippen MR) is 108 cm³/mol. The number of halogens is 2. The molecule has 0 bridgehead atoms. The highest BCUT2D eigenvalue weighted by Crippen LogP contribution is 2.34. The maximum Gasteiger partial charge on any atom is 0.141 e. The first-order valence-electron chi connectivity index (χ1n) is 9.46. The Labute approximate surface area is 172 Å². The lowest BCUT2D eigenvalue weighted by Crippen LogP contribution is -2.29. The van der Waals surface area contributed by atoms with Crippen molar-refractivity contribution in [3.8, 4) is 17.5 Å². The van der Waals surface area contributed by atoms with Gasteiger partial charge in [0.15, 0.2) is 0 Å². The molecule has 6 nitrogen and oxygen atoms in total. The van der Waals surface area contributed by atoms with Crippen LogP contribution >= 0.6 is 0 Å². The zero-order chi connectivity index (χ0) is 21.1. The summed E-state index contributed by atoms with van der Waals surface area (Å²) in [5, 5.41) is 17.4. The van der Waals surface area contributed by atoms with E-state index in [9.17, 15) is 8.78 Å². The van der Waals surface area contributed by atoms with Crippen LogP contribution in [0.3, 0.4) is 0 Å². The molecule has 1 aromatic carbocycles. The van der Waals surface area contributed by atoms with Crippen molar-refractivity contribution in [2.24, 2.45) is 0 Å². The first-order valence-corrected chi connectivity index (χ1v) is 9.46. The number of hydrogen-bond acceptors (Lipinski definition) is 4. The molecule has 3 heterocycles. The Balaban J connectivity index is 1.50. The van der Waals surface area contributed by atoms with Gasteiger partial charge in [-0.05, 0) is 55.3 Å². The zero-order valence-corrected chi connectivity index (χ0v) is 15.9. The van der Waals surface area contributed by atoms with E-state index in [0.29, 0.717) is 35.9 Å². The number of aromatic nitrogens is 3.